The second-order valence-corrected chi connectivity index (χ2v) is 5.80. The summed E-state index contributed by atoms with van der Waals surface area (Å²) in [6.07, 6.45) is 0. The monoisotopic (exact) mass is 228 g/mol. The van der Waals surface area contributed by atoms with Gasteiger partial charge in [-0.05, 0) is 34.6 Å². The van der Waals surface area contributed by atoms with Crippen LogP contribution in [0.2, 0.25) is 0 Å². The number of nitrogens with one attached hydrogen (secondary N) is 1. The summed E-state index contributed by atoms with van der Waals surface area (Å²) >= 11 is 0. The van der Waals surface area contributed by atoms with Crippen molar-refractivity contribution in [2.24, 2.45) is 0 Å². The molecule has 0 aromatic carbocycles. The number of rotatable bonds is 3. The Morgan fingerprint density at radius 2 is 2.06 bits per heavy atom. The molecule has 0 atom stereocenters. The third kappa shape index (κ3) is 3.76. The maximum Gasteiger partial charge on any atom is 0.242 e. The van der Waals surface area contributed by atoms with Gasteiger partial charge in [-0.3, -0.25) is 4.79 Å². The number of carbonyl (C=O) groups is 1. The highest BCUT2D eigenvalue weighted by atomic mass is 16.5. The minimum atomic E-state index is -0.431. The van der Waals surface area contributed by atoms with Crippen LogP contribution in [-0.4, -0.2) is 48.2 Å². The second kappa shape index (κ2) is 4.72. The minimum Gasteiger partial charge on any atom is -0.374 e. The average molecular weight is 228 g/mol. The lowest BCUT2D eigenvalue weighted by atomic mass is 10.0. The van der Waals surface area contributed by atoms with Crippen LogP contribution in [0, 0.1) is 0 Å². The maximum atomic E-state index is 12.0. The molecule has 1 rings (SSSR count). The Kier molecular flexibility index (Phi) is 3.97. The van der Waals surface area contributed by atoms with E-state index in [1.165, 1.54) is 0 Å². The summed E-state index contributed by atoms with van der Waals surface area (Å²) in [6, 6.07) is 0. The van der Waals surface area contributed by atoms with Gasteiger partial charge in [0.2, 0.25) is 5.91 Å². The number of nitrogens with zero attached hydrogens (tertiary/aromatic N) is 1. The normalized spacial score (nSPS) is 21.3. The number of hydrogen-bond acceptors (Lipinski definition) is 3. The van der Waals surface area contributed by atoms with Crippen LogP contribution in [-0.2, 0) is 9.53 Å². The molecule has 1 saturated heterocycles. The molecule has 94 valence electrons. The Bertz CT molecular complexity index is 256. The summed E-state index contributed by atoms with van der Waals surface area (Å²) in [4.78, 5) is 13.9. The molecular weight excluding hydrogens is 204 g/mol. The number of hydrogen-bond donors (Lipinski definition) is 1. The summed E-state index contributed by atoms with van der Waals surface area (Å²) in [5.74, 6) is 0.163. The first-order valence-corrected chi connectivity index (χ1v) is 5.91. The fraction of sp³-hybridized carbons (Fsp3) is 0.917. The molecule has 0 spiro atoms. The Hall–Kier alpha value is -0.610. The predicted molar refractivity (Wildman–Crippen MR) is 64.4 cm³/mol. The Balaban J connectivity index is 2.40. The molecular formula is C12H24N2O2. The van der Waals surface area contributed by atoms with E-state index in [1.54, 1.807) is 0 Å². The van der Waals surface area contributed by atoms with E-state index in [-0.39, 0.29) is 11.5 Å². The van der Waals surface area contributed by atoms with E-state index in [0.29, 0.717) is 13.2 Å². The van der Waals surface area contributed by atoms with Crippen LogP contribution in [0.25, 0.3) is 0 Å². The van der Waals surface area contributed by atoms with Gasteiger partial charge in [0.1, 0.15) is 0 Å². The summed E-state index contributed by atoms with van der Waals surface area (Å²) in [6.45, 7) is 12.8. The molecule has 0 unspecified atom stereocenters. The van der Waals surface area contributed by atoms with Crippen molar-refractivity contribution in [3.05, 3.63) is 0 Å². The van der Waals surface area contributed by atoms with E-state index >= 15 is 0 Å². The first kappa shape index (κ1) is 13.5. The first-order valence-electron chi connectivity index (χ1n) is 5.91. The number of carbonyl (C=O) groups excluding carboxylic acids is 1. The van der Waals surface area contributed by atoms with Gasteiger partial charge in [-0.2, -0.15) is 0 Å². The van der Waals surface area contributed by atoms with E-state index in [0.717, 1.165) is 13.1 Å². The quantitative estimate of drug-likeness (QED) is 0.784. The van der Waals surface area contributed by atoms with Crippen LogP contribution in [0.4, 0.5) is 0 Å². The van der Waals surface area contributed by atoms with Crippen molar-refractivity contribution in [2.75, 3.05) is 26.2 Å². The summed E-state index contributed by atoms with van der Waals surface area (Å²) < 4.78 is 5.63. The molecule has 1 N–H and O–H groups in total. The van der Waals surface area contributed by atoms with Gasteiger partial charge in [0.25, 0.3) is 0 Å². The van der Waals surface area contributed by atoms with E-state index < -0.39 is 5.54 Å². The van der Waals surface area contributed by atoms with Gasteiger partial charge in [0.05, 0.1) is 17.7 Å². The maximum absolute atomic E-state index is 12.0. The number of piperazine rings is 1. The first-order chi connectivity index (χ1) is 7.22. The summed E-state index contributed by atoms with van der Waals surface area (Å²) in [5.41, 5.74) is -0.563. The molecule has 1 heterocycles. The molecule has 16 heavy (non-hydrogen) atoms. The van der Waals surface area contributed by atoms with Crippen molar-refractivity contribution >= 4 is 5.91 Å². The molecule has 4 nitrogen and oxygen atoms in total. The van der Waals surface area contributed by atoms with E-state index in [1.807, 2.05) is 39.5 Å². The number of amides is 1. The number of ether oxygens (including phenoxy) is 1. The lowest BCUT2D eigenvalue weighted by Gasteiger charge is -2.38. The molecule has 1 amide bonds. The topological polar surface area (TPSA) is 41.6 Å². The molecule has 0 aromatic heterocycles. The van der Waals surface area contributed by atoms with Crippen LogP contribution in [0.3, 0.4) is 0 Å². The highest BCUT2D eigenvalue weighted by molar-refractivity contribution is 5.86. The summed E-state index contributed by atoms with van der Waals surface area (Å²) in [7, 11) is 0. The SMILES string of the molecule is CC(C)(C)OCCN1CCNC(C)(C)C1=O. The molecule has 1 aliphatic heterocycles. The molecule has 0 bridgehead atoms. The van der Waals surface area contributed by atoms with Gasteiger partial charge in [0, 0.05) is 19.6 Å². The van der Waals surface area contributed by atoms with Crippen LogP contribution in [0.1, 0.15) is 34.6 Å². The zero-order valence-electron chi connectivity index (χ0n) is 11.1. The fourth-order valence-electron chi connectivity index (χ4n) is 1.75. The highest BCUT2D eigenvalue weighted by Gasteiger charge is 2.34. The van der Waals surface area contributed by atoms with Crippen LogP contribution < -0.4 is 5.32 Å². The predicted octanol–water partition coefficient (Wildman–Crippen LogP) is 1.01. The van der Waals surface area contributed by atoms with E-state index in [9.17, 15) is 4.79 Å². The van der Waals surface area contributed by atoms with Crippen molar-refractivity contribution in [2.45, 2.75) is 45.8 Å². The van der Waals surface area contributed by atoms with E-state index in [4.69, 9.17) is 4.74 Å². The smallest absolute Gasteiger partial charge is 0.242 e. The van der Waals surface area contributed by atoms with Crippen LogP contribution >= 0.6 is 0 Å². The highest BCUT2D eigenvalue weighted by Crippen LogP contribution is 2.13. The second-order valence-electron chi connectivity index (χ2n) is 5.80. The van der Waals surface area contributed by atoms with Crippen LogP contribution in [0.5, 0.6) is 0 Å². The van der Waals surface area contributed by atoms with Gasteiger partial charge in [-0.15, -0.1) is 0 Å². The van der Waals surface area contributed by atoms with Crippen molar-refractivity contribution < 1.29 is 9.53 Å². The van der Waals surface area contributed by atoms with Crippen molar-refractivity contribution in [3.63, 3.8) is 0 Å². The van der Waals surface area contributed by atoms with Crippen molar-refractivity contribution in [3.8, 4) is 0 Å². The average Bonchev–Trinajstić information content (AvgIpc) is 2.10. The Labute approximate surface area is 98.3 Å². The molecule has 0 radical (unpaired) electrons. The minimum absolute atomic E-state index is 0.132. The molecule has 4 heteroatoms. The van der Waals surface area contributed by atoms with Crippen LogP contribution in [0.15, 0.2) is 0 Å². The Morgan fingerprint density at radius 1 is 1.44 bits per heavy atom. The lowest BCUT2D eigenvalue weighted by Crippen LogP contribution is -2.61. The standard InChI is InChI=1S/C12H24N2O2/c1-11(2,3)16-9-8-14-7-6-13-12(4,5)10(14)15/h13H,6-9H2,1-5H3. The zero-order valence-corrected chi connectivity index (χ0v) is 11.1. The van der Waals surface area contributed by atoms with Gasteiger partial charge in [-0.1, -0.05) is 0 Å². The molecule has 0 aliphatic carbocycles. The third-order valence-electron chi connectivity index (χ3n) is 2.67. The van der Waals surface area contributed by atoms with Crippen molar-refractivity contribution in [1.29, 1.82) is 0 Å². The molecule has 0 aromatic rings. The van der Waals surface area contributed by atoms with Gasteiger partial charge in [-0.25, -0.2) is 0 Å². The molecule has 0 saturated carbocycles. The van der Waals surface area contributed by atoms with Gasteiger partial charge in [0.15, 0.2) is 0 Å². The lowest BCUT2D eigenvalue weighted by molar-refractivity contribution is -0.141. The summed E-state index contributed by atoms with van der Waals surface area (Å²) in [5, 5.41) is 3.21. The van der Waals surface area contributed by atoms with Gasteiger partial charge >= 0.3 is 0 Å². The fourth-order valence-corrected chi connectivity index (χ4v) is 1.75. The molecule has 1 aliphatic rings. The zero-order chi connectivity index (χ0) is 12.4. The Morgan fingerprint density at radius 3 is 2.62 bits per heavy atom. The van der Waals surface area contributed by atoms with Gasteiger partial charge < -0.3 is 15.0 Å². The third-order valence-corrected chi connectivity index (χ3v) is 2.67. The largest absolute Gasteiger partial charge is 0.374 e. The molecule has 1 fully saturated rings. The van der Waals surface area contributed by atoms with Crippen molar-refractivity contribution in [1.82, 2.24) is 10.2 Å². The van der Waals surface area contributed by atoms with E-state index in [2.05, 4.69) is 5.32 Å².